The number of aliphatic hydroxyl groups is 2. The fraction of sp³-hybridized carbons (Fsp3) is 0.515. The Balaban J connectivity index is 1.33. The molecule has 214 valence electrons. The monoisotopic (exact) mass is 545 g/mol. The van der Waals surface area contributed by atoms with Crippen molar-refractivity contribution in [3.8, 4) is 16.9 Å². The summed E-state index contributed by atoms with van der Waals surface area (Å²) in [5, 5.41) is 23.7. The highest BCUT2D eigenvalue weighted by Gasteiger charge is 2.32. The van der Waals surface area contributed by atoms with Crippen molar-refractivity contribution in [2.75, 3.05) is 25.2 Å². The van der Waals surface area contributed by atoms with E-state index in [2.05, 4.69) is 36.3 Å². The Hall–Kier alpha value is -3.16. The molecule has 0 atom stereocenters. The van der Waals surface area contributed by atoms with Gasteiger partial charge in [0.05, 0.1) is 32.6 Å². The molecule has 3 aromatic rings. The Morgan fingerprint density at radius 3 is 2.50 bits per heavy atom. The lowest BCUT2D eigenvalue weighted by Gasteiger charge is -2.36. The first-order valence-corrected chi connectivity index (χ1v) is 14.8. The molecule has 2 aliphatic rings. The average molecular weight is 546 g/mol. The lowest BCUT2D eigenvalue weighted by molar-refractivity contribution is -0.124. The summed E-state index contributed by atoms with van der Waals surface area (Å²) in [4.78, 5) is 16.0. The number of carbonyl (C=O) groups is 1. The summed E-state index contributed by atoms with van der Waals surface area (Å²) < 4.78 is 7.19. The summed E-state index contributed by atoms with van der Waals surface area (Å²) in [6, 6.07) is 14.8. The molecule has 1 aromatic heterocycles. The summed E-state index contributed by atoms with van der Waals surface area (Å²) in [6.07, 6.45) is 10.8. The topological polar surface area (TPSA) is 87.8 Å². The van der Waals surface area contributed by atoms with Gasteiger partial charge in [-0.25, -0.2) is 0 Å². The van der Waals surface area contributed by atoms with Gasteiger partial charge in [-0.15, -0.1) is 0 Å². The number of amides is 1. The van der Waals surface area contributed by atoms with Gasteiger partial charge in [-0.2, -0.15) is 5.10 Å². The van der Waals surface area contributed by atoms with Crippen LogP contribution in [0.3, 0.4) is 0 Å². The highest BCUT2D eigenvalue weighted by molar-refractivity contribution is 5.95. The van der Waals surface area contributed by atoms with Crippen LogP contribution in [0.25, 0.3) is 11.1 Å². The van der Waals surface area contributed by atoms with Crippen molar-refractivity contribution in [1.29, 1.82) is 0 Å². The van der Waals surface area contributed by atoms with Crippen LogP contribution in [0.5, 0.6) is 5.75 Å². The van der Waals surface area contributed by atoms with Crippen molar-refractivity contribution in [1.82, 2.24) is 9.78 Å². The number of aryl methyl sites for hydroxylation is 1. The van der Waals surface area contributed by atoms with Crippen LogP contribution >= 0.6 is 0 Å². The molecule has 40 heavy (non-hydrogen) atoms. The van der Waals surface area contributed by atoms with E-state index >= 15 is 0 Å². The third kappa shape index (κ3) is 6.58. The summed E-state index contributed by atoms with van der Waals surface area (Å²) in [7, 11) is 1.72. The molecule has 0 spiro atoms. The molecule has 5 rings (SSSR count). The van der Waals surface area contributed by atoms with Crippen LogP contribution < -0.4 is 9.64 Å². The summed E-state index contributed by atoms with van der Waals surface area (Å²) in [6.45, 7) is 3.32. The Morgan fingerprint density at radius 1 is 1.02 bits per heavy atom. The van der Waals surface area contributed by atoms with Gasteiger partial charge in [0.15, 0.2) is 0 Å². The van der Waals surface area contributed by atoms with Gasteiger partial charge in [0.2, 0.25) is 5.91 Å². The predicted molar refractivity (Wildman–Crippen MR) is 157 cm³/mol. The van der Waals surface area contributed by atoms with Crippen LogP contribution in [0.1, 0.15) is 68.4 Å². The second-order valence-electron chi connectivity index (χ2n) is 11.7. The first-order valence-electron chi connectivity index (χ1n) is 14.8. The minimum Gasteiger partial charge on any atom is -0.496 e. The molecular formula is C33H43N3O4. The molecule has 2 aromatic carbocycles. The first kappa shape index (κ1) is 28.4. The zero-order valence-electron chi connectivity index (χ0n) is 23.8. The number of methoxy groups -OCH3 is 1. The van der Waals surface area contributed by atoms with Gasteiger partial charge >= 0.3 is 0 Å². The van der Waals surface area contributed by atoms with Gasteiger partial charge < -0.3 is 19.8 Å². The minimum absolute atomic E-state index is 0.0415. The van der Waals surface area contributed by atoms with E-state index in [1.165, 1.54) is 11.1 Å². The molecule has 0 unspecified atom stereocenters. The van der Waals surface area contributed by atoms with Crippen LogP contribution in [0.2, 0.25) is 0 Å². The molecular weight excluding hydrogens is 502 g/mol. The molecule has 1 amide bonds. The maximum atomic E-state index is 14.0. The SMILES string of the molecule is COc1ccc([C@H]2CC[C@H](CN(c3cccc(-c4cnn(CCO)c4)c3)C(=O)[C@H]3CC[C@H](O)CC3)CC2)cc1C. The van der Waals surface area contributed by atoms with Crippen LogP contribution in [0.15, 0.2) is 54.9 Å². The van der Waals surface area contributed by atoms with E-state index in [-0.39, 0.29) is 24.5 Å². The second-order valence-corrected chi connectivity index (χ2v) is 11.7. The Labute approximate surface area is 237 Å². The summed E-state index contributed by atoms with van der Waals surface area (Å²) in [5.41, 5.74) is 5.48. The number of nitrogens with zero attached hydrogens (tertiary/aromatic N) is 3. The molecule has 7 heteroatoms. The van der Waals surface area contributed by atoms with E-state index in [9.17, 15) is 15.0 Å². The number of anilines is 1. The number of hydrogen-bond donors (Lipinski definition) is 2. The van der Waals surface area contributed by atoms with Crippen molar-refractivity contribution < 1.29 is 19.7 Å². The molecule has 1 heterocycles. The van der Waals surface area contributed by atoms with E-state index < -0.39 is 0 Å². The highest BCUT2D eigenvalue weighted by Crippen LogP contribution is 2.39. The maximum absolute atomic E-state index is 14.0. The molecule has 2 N–H and O–H groups in total. The number of aliphatic hydroxyl groups excluding tert-OH is 2. The van der Waals surface area contributed by atoms with Gasteiger partial charge in [0, 0.05) is 29.9 Å². The Bertz CT molecular complexity index is 1270. The van der Waals surface area contributed by atoms with Gasteiger partial charge in [-0.3, -0.25) is 9.48 Å². The zero-order chi connectivity index (χ0) is 28.1. The predicted octanol–water partition coefficient (Wildman–Crippen LogP) is 5.72. The number of carbonyl (C=O) groups excluding carboxylic acids is 1. The molecule has 0 bridgehead atoms. The molecule has 2 aliphatic carbocycles. The molecule has 2 fully saturated rings. The molecule has 0 aliphatic heterocycles. The number of hydrogen-bond acceptors (Lipinski definition) is 5. The molecule has 7 nitrogen and oxygen atoms in total. The van der Waals surface area contributed by atoms with Crippen LogP contribution in [-0.2, 0) is 11.3 Å². The third-order valence-corrected chi connectivity index (χ3v) is 8.94. The summed E-state index contributed by atoms with van der Waals surface area (Å²) in [5.74, 6) is 2.07. The standard InChI is InChI=1S/C33H43N3O4/c1-23-18-28(12-15-32(23)40-2)25-8-6-24(7-9-25)21-36(33(39)26-10-13-31(38)14-11-26)30-5-3-4-27(19-30)29-20-34-35(22-29)16-17-37/h3-5,12,15,18-20,22,24-26,31,37-38H,6-11,13-14,16-17,21H2,1-2H3/t24-,25-,26-,31-. The molecule has 0 saturated heterocycles. The minimum atomic E-state index is -0.284. The van der Waals surface area contributed by atoms with Crippen molar-refractivity contribution in [2.45, 2.75) is 76.9 Å². The largest absolute Gasteiger partial charge is 0.496 e. The quantitative estimate of drug-likeness (QED) is 0.359. The van der Waals surface area contributed by atoms with E-state index in [4.69, 9.17) is 4.74 Å². The number of ether oxygens (including phenoxy) is 1. The zero-order valence-corrected chi connectivity index (χ0v) is 23.8. The average Bonchev–Trinajstić information content (AvgIpc) is 3.45. The lowest BCUT2D eigenvalue weighted by atomic mass is 9.78. The van der Waals surface area contributed by atoms with Gasteiger partial charge in [0.25, 0.3) is 0 Å². The summed E-state index contributed by atoms with van der Waals surface area (Å²) >= 11 is 0. The van der Waals surface area contributed by atoms with Gasteiger partial charge in [0.1, 0.15) is 5.75 Å². The fourth-order valence-electron chi connectivity index (χ4n) is 6.55. The normalized spacial score (nSPS) is 23.1. The van der Waals surface area contributed by atoms with E-state index in [0.29, 0.717) is 31.2 Å². The second kappa shape index (κ2) is 13.0. The molecule has 2 saturated carbocycles. The van der Waals surface area contributed by atoms with E-state index in [1.807, 2.05) is 35.5 Å². The Morgan fingerprint density at radius 2 is 1.80 bits per heavy atom. The Kier molecular flexibility index (Phi) is 9.22. The van der Waals surface area contributed by atoms with Crippen LogP contribution in [0, 0.1) is 18.8 Å². The van der Waals surface area contributed by atoms with Crippen molar-refractivity contribution >= 4 is 11.6 Å². The number of benzene rings is 2. The van der Waals surface area contributed by atoms with Crippen molar-refractivity contribution in [2.24, 2.45) is 11.8 Å². The highest BCUT2D eigenvalue weighted by atomic mass is 16.5. The van der Waals surface area contributed by atoms with E-state index in [1.54, 1.807) is 11.8 Å². The number of aromatic nitrogens is 2. The third-order valence-electron chi connectivity index (χ3n) is 8.94. The molecule has 0 radical (unpaired) electrons. The van der Waals surface area contributed by atoms with E-state index in [0.717, 1.165) is 67.6 Å². The number of rotatable bonds is 9. The van der Waals surface area contributed by atoms with Crippen LogP contribution in [0.4, 0.5) is 5.69 Å². The smallest absolute Gasteiger partial charge is 0.230 e. The van der Waals surface area contributed by atoms with Gasteiger partial charge in [-0.1, -0.05) is 24.3 Å². The van der Waals surface area contributed by atoms with Crippen molar-refractivity contribution in [3.05, 3.63) is 66.0 Å². The van der Waals surface area contributed by atoms with Gasteiger partial charge in [-0.05, 0) is 105 Å². The first-order chi connectivity index (χ1) is 19.4. The fourth-order valence-corrected chi connectivity index (χ4v) is 6.55. The maximum Gasteiger partial charge on any atom is 0.230 e. The van der Waals surface area contributed by atoms with Crippen molar-refractivity contribution in [3.63, 3.8) is 0 Å². The lowest BCUT2D eigenvalue weighted by Crippen LogP contribution is -2.41. The van der Waals surface area contributed by atoms with Crippen LogP contribution in [-0.4, -0.2) is 52.3 Å².